The van der Waals surface area contributed by atoms with E-state index in [0.29, 0.717) is 35.7 Å². The van der Waals surface area contributed by atoms with Gasteiger partial charge >= 0.3 is 0 Å². The maximum absolute atomic E-state index is 6.50. The number of likely N-dealkylation sites (N-methyl/N-ethyl adjacent to an activating group) is 1. The number of nitrogens with two attached hydrogens (primary N) is 1. The van der Waals surface area contributed by atoms with Gasteiger partial charge in [-0.3, -0.25) is 5.10 Å². The molecule has 0 atom stereocenters. The molecule has 1 aliphatic carbocycles. The van der Waals surface area contributed by atoms with Crippen molar-refractivity contribution >= 4 is 28.9 Å². The van der Waals surface area contributed by atoms with Gasteiger partial charge in [0.25, 0.3) is 0 Å². The van der Waals surface area contributed by atoms with E-state index in [1.54, 1.807) is 6.20 Å². The van der Waals surface area contributed by atoms with Crippen LogP contribution in [0, 0.1) is 0 Å². The standard InChI is InChI=1S/C22H26N10OS/c1-31-5-7-32(8-6-31)20-18(16-11-15(28-29-16)13-2-3-13)19(23)26-22(27-20)25-12-14-10-17(30-33-14)21-24-4-9-34-21/h4,9-11,13H,2-3,5-8,12H2,1H3,(H,28,29)(H3,23,25,26,27). The molecule has 6 rings (SSSR count). The van der Waals surface area contributed by atoms with E-state index in [0.717, 1.165) is 54.0 Å². The van der Waals surface area contributed by atoms with Gasteiger partial charge in [-0.1, -0.05) is 5.16 Å². The first-order valence-electron chi connectivity index (χ1n) is 11.4. The fraction of sp³-hybridized carbons (Fsp3) is 0.409. The van der Waals surface area contributed by atoms with Crippen LogP contribution in [-0.2, 0) is 6.54 Å². The largest absolute Gasteiger partial charge is 0.383 e. The summed E-state index contributed by atoms with van der Waals surface area (Å²) in [7, 11) is 2.13. The van der Waals surface area contributed by atoms with E-state index in [1.165, 1.54) is 24.2 Å². The summed E-state index contributed by atoms with van der Waals surface area (Å²) in [6, 6.07) is 3.96. The van der Waals surface area contributed by atoms with Crippen molar-refractivity contribution in [1.29, 1.82) is 0 Å². The zero-order chi connectivity index (χ0) is 23.1. The molecule has 2 fully saturated rings. The van der Waals surface area contributed by atoms with Crippen molar-refractivity contribution in [2.24, 2.45) is 0 Å². The van der Waals surface area contributed by atoms with Gasteiger partial charge in [0, 0.05) is 55.4 Å². The first kappa shape index (κ1) is 21.1. The zero-order valence-electron chi connectivity index (χ0n) is 18.9. The highest BCUT2D eigenvalue weighted by Crippen LogP contribution is 2.41. The van der Waals surface area contributed by atoms with Gasteiger partial charge in [0.1, 0.15) is 22.3 Å². The van der Waals surface area contributed by atoms with Gasteiger partial charge in [0.2, 0.25) is 5.95 Å². The van der Waals surface area contributed by atoms with Crippen molar-refractivity contribution in [3.63, 3.8) is 0 Å². The predicted octanol–water partition coefficient (Wildman–Crippen LogP) is 2.80. The number of anilines is 3. The Hall–Kier alpha value is -3.51. The van der Waals surface area contributed by atoms with Gasteiger partial charge in [-0.05, 0) is 26.0 Å². The van der Waals surface area contributed by atoms with Gasteiger partial charge in [0.15, 0.2) is 5.76 Å². The second kappa shape index (κ2) is 8.69. The molecule has 176 valence electrons. The van der Waals surface area contributed by atoms with Crippen LogP contribution in [-0.4, -0.2) is 68.4 Å². The number of nitrogens with zero attached hydrogens (tertiary/aromatic N) is 7. The Labute approximate surface area is 200 Å². The van der Waals surface area contributed by atoms with Crippen molar-refractivity contribution in [2.75, 3.05) is 49.2 Å². The number of nitrogens with one attached hydrogen (secondary N) is 2. The summed E-state index contributed by atoms with van der Waals surface area (Å²) in [4.78, 5) is 18.3. The maximum Gasteiger partial charge on any atom is 0.227 e. The van der Waals surface area contributed by atoms with Crippen molar-refractivity contribution in [2.45, 2.75) is 25.3 Å². The Bertz CT molecular complexity index is 1270. The normalized spacial score (nSPS) is 16.8. The van der Waals surface area contributed by atoms with Crippen LogP contribution >= 0.6 is 11.3 Å². The smallest absolute Gasteiger partial charge is 0.227 e. The first-order valence-corrected chi connectivity index (χ1v) is 12.3. The Kier molecular flexibility index (Phi) is 5.38. The molecule has 4 N–H and O–H groups in total. The maximum atomic E-state index is 6.50. The molecule has 5 heterocycles. The van der Waals surface area contributed by atoms with Gasteiger partial charge in [0.05, 0.1) is 17.8 Å². The highest BCUT2D eigenvalue weighted by atomic mass is 32.1. The van der Waals surface area contributed by atoms with Crippen LogP contribution in [0.3, 0.4) is 0 Å². The summed E-state index contributed by atoms with van der Waals surface area (Å²) in [5.41, 5.74) is 9.95. The molecule has 4 aromatic heterocycles. The quantitative estimate of drug-likeness (QED) is 0.363. The average molecular weight is 479 g/mol. The molecular formula is C22H26N10OS. The molecule has 12 heteroatoms. The third-order valence-electron chi connectivity index (χ3n) is 6.22. The lowest BCUT2D eigenvalue weighted by Gasteiger charge is -2.34. The highest BCUT2D eigenvalue weighted by Gasteiger charge is 2.28. The fourth-order valence-corrected chi connectivity index (χ4v) is 4.71. The second-order valence-electron chi connectivity index (χ2n) is 8.77. The van der Waals surface area contributed by atoms with Gasteiger partial charge < -0.3 is 25.4 Å². The Morgan fingerprint density at radius 3 is 2.79 bits per heavy atom. The minimum absolute atomic E-state index is 0.383. The minimum Gasteiger partial charge on any atom is -0.383 e. The van der Waals surface area contributed by atoms with Gasteiger partial charge in [-0.2, -0.15) is 15.1 Å². The summed E-state index contributed by atoms with van der Waals surface area (Å²) in [5.74, 6) is 2.89. The Balaban J connectivity index is 1.28. The molecule has 0 aromatic carbocycles. The van der Waals surface area contributed by atoms with Crippen molar-refractivity contribution in [3.05, 3.63) is 35.2 Å². The highest BCUT2D eigenvalue weighted by molar-refractivity contribution is 7.13. The number of piperazine rings is 1. The number of thiazole rings is 1. The third kappa shape index (κ3) is 4.21. The molecule has 0 amide bonds. The van der Waals surface area contributed by atoms with E-state index < -0.39 is 0 Å². The number of aromatic nitrogens is 6. The van der Waals surface area contributed by atoms with E-state index >= 15 is 0 Å². The van der Waals surface area contributed by atoms with Crippen molar-refractivity contribution in [3.8, 4) is 22.0 Å². The predicted molar refractivity (Wildman–Crippen MR) is 131 cm³/mol. The lowest BCUT2D eigenvalue weighted by Crippen LogP contribution is -2.45. The summed E-state index contributed by atoms with van der Waals surface area (Å²) in [5, 5.41) is 17.8. The lowest BCUT2D eigenvalue weighted by molar-refractivity contribution is 0.312. The molecule has 1 saturated heterocycles. The average Bonchev–Trinajstić information content (AvgIpc) is 3.24. The molecule has 1 aliphatic heterocycles. The monoisotopic (exact) mass is 478 g/mol. The first-order chi connectivity index (χ1) is 16.6. The Morgan fingerprint density at radius 2 is 2.03 bits per heavy atom. The van der Waals surface area contributed by atoms with Crippen LogP contribution < -0.4 is 16.0 Å². The molecule has 2 aliphatic rings. The number of aromatic amines is 1. The van der Waals surface area contributed by atoms with E-state index in [4.69, 9.17) is 15.2 Å². The van der Waals surface area contributed by atoms with E-state index in [-0.39, 0.29) is 0 Å². The molecular weight excluding hydrogens is 452 g/mol. The number of nitrogen functional groups attached to an aromatic ring is 1. The molecule has 0 radical (unpaired) electrons. The van der Waals surface area contributed by atoms with E-state index in [9.17, 15) is 0 Å². The van der Waals surface area contributed by atoms with Crippen molar-refractivity contribution < 1.29 is 4.52 Å². The molecule has 0 spiro atoms. The molecule has 0 unspecified atom stereocenters. The van der Waals surface area contributed by atoms with Crippen LogP contribution in [0.1, 0.15) is 30.2 Å². The number of hydrogen-bond donors (Lipinski definition) is 3. The number of rotatable bonds is 7. The fourth-order valence-electron chi connectivity index (χ4n) is 4.12. The Morgan fingerprint density at radius 1 is 1.18 bits per heavy atom. The molecule has 1 saturated carbocycles. The third-order valence-corrected chi connectivity index (χ3v) is 7.02. The topological polar surface area (TPSA) is 138 Å². The van der Waals surface area contributed by atoms with Crippen LogP contribution in [0.25, 0.3) is 22.0 Å². The molecule has 4 aromatic rings. The van der Waals surface area contributed by atoms with Crippen LogP contribution in [0.15, 0.2) is 28.2 Å². The second-order valence-corrected chi connectivity index (χ2v) is 9.67. The summed E-state index contributed by atoms with van der Waals surface area (Å²) in [6.07, 6.45) is 4.15. The van der Waals surface area contributed by atoms with Crippen LogP contribution in [0.4, 0.5) is 17.6 Å². The van der Waals surface area contributed by atoms with Gasteiger partial charge in [-0.15, -0.1) is 11.3 Å². The minimum atomic E-state index is 0.383. The molecule has 11 nitrogen and oxygen atoms in total. The summed E-state index contributed by atoms with van der Waals surface area (Å²) >= 11 is 1.52. The van der Waals surface area contributed by atoms with E-state index in [1.807, 2.05) is 11.4 Å². The zero-order valence-corrected chi connectivity index (χ0v) is 19.7. The number of H-pyrrole nitrogens is 1. The van der Waals surface area contributed by atoms with Gasteiger partial charge in [-0.25, -0.2) is 4.98 Å². The number of hydrogen-bond acceptors (Lipinski definition) is 11. The SMILES string of the molecule is CN1CCN(c2nc(NCc3cc(-c4nccs4)no3)nc(N)c2-c2cc(C3CC3)[nH]n2)CC1. The summed E-state index contributed by atoms with van der Waals surface area (Å²) in [6.45, 7) is 4.01. The lowest BCUT2D eigenvalue weighted by atomic mass is 10.1. The van der Waals surface area contributed by atoms with Crippen molar-refractivity contribution in [1.82, 2.24) is 35.2 Å². The molecule has 34 heavy (non-hydrogen) atoms. The molecule has 0 bridgehead atoms. The van der Waals surface area contributed by atoms with E-state index in [2.05, 4.69) is 53.6 Å². The van der Waals surface area contributed by atoms with Crippen LogP contribution in [0.2, 0.25) is 0 Å². The summed E-state index contributed by atoms with van der Waals surface area (Å²) < 4.78 is 5.46. The van der Waals surface area contributed by atoms with Crippen LogP contribution in [0.5, 0.6) is 0 Å².